The topological polar surface area (TPSA) is 90.0 Å². The van der Waals surface area contributed by atoms with Gasteiger partial charge in [0.2, 0.25) is 21.8 Å². The smallest absolute Gasteiger partial charge is 0.243 e. The second-order valence-corrected chi connectivity index (χ2v) is 9.24. The van der Waals surface area contributed by atoms with Crippen LogP contribution in [0, 0.1) is 5.92 Å². The average Bonchev–Trinajstić information content (AvgIpc) is 3.13. The lowest BCUT2D eigenvalue weighted by Gasteiger charge is -2.20. The molecule has 0 aromatic heterocycles. The maximum Gasteiger partial charge on any atom is 0.243 e. The SMILES string of the molecule is CCN(CC)CCNC(=O)[C@@H]1CC(=O)N(c2ccc(S(=O)(=O)N(CC)CC)cc2)C1. The number of carbonyl (C=O) groups is 2. The highest BCUT2D eigenvalue weighted by atomic mass is 32.2. The van der Waals surface area contributed by atoms with Crippen LogP contribution in [0.2, 0.25) is 0 Å². The number of amides is 2. The van der Waals surface area contributed by atoms with E-state index < -0.39 is 15.9 Å². The summed E-state index contributed by atoms with van der Waals surface area (Å²) in [6, 6.07) is 6.31. The van der Waals surface area contributed by atoms with Crippen molar-refractivity contribution in [3.63, 3.8) is 0 Å². The average molecular weight is 439 g/mol. The zero-order valence-electron chi connectivity index (χ0n) is 18.4. The van der Waals surface area contributed by atoms with Gasteiger partial charge in [0.05, 0.1) is 10.8 Å². The molecule has 0 saturated carbocycles. The Kier molecular flexibility index (Phi) is 8.81. The van der Waals surface area contributed by atoms with E-state index in [2.05, 4.69) is 24.1 Å². The number of anilines is 1. The fraction of sp³-hybridized carbons (Fsp3) is 0.619. The largest absolute Gasteiger partial charge is 0.355 e. The highest BCUT2D eigenvalue weighted by Crippen LogP contribution is 2.27. The van der Waals surface area contributed by atoms with Crippen LogP contribution in [0.4, 0.5) is 5.69 Å². The summed E-state index contributed by atoms with van der Waals surface area (Å²) in [5.74, 6) is -0.634. The van der Waals surface area contributed by atoms with E-state index in [9.17, 15) is 18.0 Å². The van der Waals surface area contributed by atoms with Gasteiger partial charge < -0.3 is 15.1 Å². The summed E-state index contributed by atoms with van der Waals surface area (Å²) >= 11 is 0. The van der Waals surface area contributed by atoms with Crippen molar-refractivity contribution in [2.24, 2.45) is 5.92 Å². The van der Waals surface area contributed by atoms with Crippen LogP contribution < -0.4 is 10.2 Å². The molecule has 0 aliphatic carbocycles. The van der Waals surface area contributed by atoms with Crippen molar-refractivity contribution in [2.45, 2.75) is 39.0 Å². The molecule has 30 heavy (non-hydrogen) atoms. The van der Waals surface area contributed by atoms with Crippen LogP contribution in [0.3, 0.4) is 0 Å². The van der Waals surface area contributed by atoms with E-state index in [0.717, 1.165) is 19.6 Å². The Morgan fingerprint density at radius 1 is 1.07 bits per heavy atom. The molecule has 1 N–H and O–H groups in total. The molecule has 0 bridgehead atoms. The van der Waals surface area contributed by atoms with E-state index in [1.54, 1.807) is 30.9 Å². The molecular weight excluding hydrogens is 404 g/mol. The van der Waals surface area contributed by atoms with Crippen molar-refractivity contribution in [1.29, 1.82) is 0 Å². The first-order valence-electron chi connectivity index (χ1n) is 10.7. The summed E-state index contributed by atoms with van der Waals surface area (Å²) in [6.07, 6.45) is 0.163. The molecule has 168 valence electrons. The highest BCUT2D eigenvalue weighted by molar-refractivity contribution is 7.89. The summed E-state index contributed by atoms with van der Waals surface area (Å²) in [7, 11) is -3.54. The van der Waals surface area contributed by atoms with Crippen molar-refractivity contribution in [2.75, 3.05) is 50.7 Å². The fourth-order valence-electron chi connectivity index (χ4n) is 3.66. The van der Waals surface area contributed by atoms with Gasteiger partial charge in [0.25, 0.3) is 0 Å². The quantitative estimate of drug-likeness (QED) is 0.566. The van der Waals surface area contributed by atoms with E-state index in [1.807, 2.05) is 0 Å². The van der Waals surface area contributed by atoms with Gasteiger partial charge in [-0.3, -0.25) is 9.59 Å². The van der Waals surface area contributed by atoms with Crippen molar-refractivity contribution < 1.29 is 18.0 Å². The number of nitrogens with one attached hydrogen (secondary N) is 1. The van der Waals surface area contributed by atoms with Crippen molar-refractivity contribution in [1.82, 2.24) is 14.5 Å². The van der Waals surface area contributed by atoms with Gasteiger partial charge in [-0.1, -0.05) is 27.7 Å². The van der Waals surface area contributed by atoms with Crippen LogP contribution in [0.15, 0.2) is 29.2 Å². The van der Waals surface area contributed by atoms with Crippen molar-refractivity contribution >= 4 is 27.5 Å². The lowest BCUT2D eigenvalue weighted by molar-refractivity contribution is -0.126. The molecule has 1 aromatic rings. The van der Waals surface area contributed by atoms with E-state index >= 15 is 0 Å². The summed E-state index contributed by atoms with van der Waals surface area (Å²) in [5, 5.41) is 2.93. The maximum atomic E-state index is 12.6. The number of likely N-dealkylation sites (N-methyl/N-ethyl adjacent to an activating group) is 1. The molecule has 1 fully saturated rings. The number of benzene rings is 1. The fourth-order valence-corrected chi connectivity index (χ4v) is 5.12. The van der Waals surface area contributed by atoms with Gasteiger partial charge >= 0.3 is 0 Å². The van der Waals surface area contributed by atoms with E-state index in [1.165, 1.54) is 16.4 Å². The number of sulfonamides is 1. The van der Waals surface area contributed by atoms with Crippen molar-refractivity contribution in [3.8, 4) is 0 Å². The second-order valence-electron chi connectivity index (χ2n) is 7.31. The summed E-state index contributed by atoms with van der Waals surface area (Å²) < 4.78 is 26.6. The maximum absolute atomic E-state index is 12.6. The molecule has 1 saturated heterocycles. The minimum atomic E-state index is -3.54. The summed E-state index contributed by atoms with van der Waals surface area (Å²) in [6.45, 7) is 12.1. The normalized spacial score (nSPS) is 17.2. The van der Waals surface area contributed by atoms with E-state index in [-0.39, 0.29) is 23.1 Å². The van der Waals surface area contributed by atoms with Gasteiger partial charge in [0.15, 0.2) is 0 Å². The zero-order chi connectivity index (χ0) is 22.3. The first-order valence-corrected chi connectivity index (χ1v) is 12.1. The Morgan fingerprint density at radius 3 is 2.20 bits per heavy atom. The molecular formula is C21H34N4O4S. The zero-order valence-corrected chi connectivity index (χ0v) is 19.2. The van der Waals surface area contributed by atoms with Crippen LogP contribution in [0.25, 0.3) is 0 Å². The minimum Gasteiger partial charge on any atom is -0.355 e. The monoisotopic (exact) mass is 438 g/mol. The van der Waals surface area contributed by atoms with Crippen LogP contribution in [-0.4, -0.2) is 75.3 Å². The molecule has 0 unspecified atom stereocenters. The number of hydrogen-bond donors (Lipinski definition) is 1. The third-order valence-corrected chi connectivity index (χ3v) is 7.67. The third-order valence-electron chi connectivity index (χ3n) is 5.61. The molecule has 1 aliphatic heterocycles. The van der Waals surface area contributed by atoms with Crippen LogP contribution >= 0.6 is 0 Å². The molecule has 0 radical (unpaired) electrons. The predicted molar refractivity (Wildman–Crippen MR) is 118 cm³/mol. The van der Waals surface area contributed by atoms with Crippen LogP contribution in [-0.2, 0) is 19.6 Å². The Morgan fingerprint density at radius 2 is 1.67 bits per heavy atom. The van der Waals surface area contributed by atoms with Gasteiger partial charge in [0, 0.05) is 44.8 Å². The molecule has 0 spiro atoms. The van der Waals surface area contributed by atoms with Gasteiger partial charge in [-0.05, 0) is 37.4 Å². The Bertz CT molecular complexity index is 818. The Balaban J connectivity index is 2.00. The predicted octanol–water partition coefficient (Wildman–Crippen LogP) is 1.53. The standard InChI is InChI=1S/C21H34N4O4S/c1-5-23(6-2)14-13-22-21(27)17-15-20(26)25(16-17)18-9-11-19(12-10-18)30(28,29)24(7-3)8-4/h9-12,17H,5-8,13-16H2,1-4H3,(H,22,27)/t17-/m1/s1. The lowest BCUT2D eigenvalue weighted by atomic mass is 10.1. The molecule has 8 nitrogen and oxygen atoms in total. The minimum absolute atomic E-state index is 0.112. The van der Waals surface area contributed by atoms with Crippen molar-refractivity contribution in [3.05, 3.63) is 24.3 Å². The number of nitrogens with zero attached hydrogens (tertiary/aromatic N) is 3. The summed E-state index contributed by atoms with van der Waals surface area (Å²) in [5.41, 5.74) is 0.608. The molecule has 2 amide bonds. The first-order chi connectivity index (χ1) is 14.3. The molecule has 1 aromatic carbocycles. The van der Waals surface area contributed by atoms with Crippen LogP contribution in [0.5, 0.6) is 0 Å². The highest BCUT2D eigenvalue weighted by Gasteiger charge is 2.35. The second kappa shape index (κ2) is 10.9. The van der Waals surface area contributed by atoms with Crippen LogP contribution in [0.1, 0.15) is 34.1 Å². The molecule has 1 aliphatic rings. The van der Waals surface area contributed by atoms with Gasteiger partial charge in [-0.2, -0.15) is 4.31 Å². The lowest BCUT2D eigenvalue weighted by Crippen LogP contribution is -2.38. The number of hydrogen-bond acceptors (Lipinski definition) is 5. The van der Waals surface area contributed by atoms with E-state index in [0.29, 0.717) is 31.9 Å². The Hall–Kier alpha value is -1.97. The van der Waals surface area contributed by atoms with Gasteiger partial charge in [0.1, 0.15) is 0 Å². The molecule has 1 atom stereocenters. The van der Waals surface area contributed by atoms with Gasteiger partial charge in [-0.25, -0.2) is 8.42 Å². The van der Waals surface area contributed by atoms with E-state index in [4.69, 9.17) is 0 Å². The third kappa shape index (κ3) is 5.59. The number of carbonyl (C=O) groups excluding carboxylic acids is 2. The Labute approximate surface area is 180 Å². The molecule has 1 heterocycles. The van der Waals surface area contributed by atoms with Gasteiger partial charge in [-0.15, -0.1) is 0 Å². The summed E-state index contributed by atoms with van der Waals surface area (Å²) in [4.78, 5) is 28.9. The molecule has 9 heteroatoms. The molecule has 2 rings (SSSR count). The number of rotatable bonds is 11. The first kappa shape index (κ1) is 24.3.